The second kappa shape index (κ2) is 5.84. The lowest BCUT2D eigenvalue weighted by Crippen LogP contribution is -2.05. The molecular formula is C19H12O5S. The molecule has 1 atom stereocenters. The number of carbonyl (C=O) groups is 1. The van der Waals surface area contributed by atoms with E-state index in [-0.39, 0.29) is 16.4 Å². The summed E-state index contributed by atoms with van der Waals surface area (Å²) in [6, 6.07) is 12.8. The number of hydrogen-bond donors (Lipinski definition) is 2. The minimum absolute atomic E-state index is 0.0314. The lowest BCUT2D eigenvalue weighted by atomic mass is 10.0. The Labute approximate surface area is 145 Å². The van der Waals surface area contributed by atoms with Gasteiger partial charge in [-0.1, -0.05) is 12.1 Å². The Bertz CT molecular complexity index is 1160. The molecular weight excluding hydrogens is 340 g/mol. The Morgan fingerprint density at radius 1 is 1.04 bits per heavy atom. The Kier molecular flexibility index (Phi) is 3.63. The van der Waals surface area contributed by atoms with Crippen LogP contribution in [0.5, 0.6) is 0 Å². The lowest BCUT2D eigenvalue weighted by molar-refractivity contribution is 0.0697. The molecule has 4 rings (SSSR count). The van der Waals surface area contributed by atoms with E-state index in [0.29, 0.717) is 22.1 Å². The first-order valence-electron chi connectivity index (χ1n) is 7.50. The van der Waals surface area contributed by atoms with E-state index in [1.165, 1.54) is 29.5 Å². The predicted molar refractivity (Wildman–Crippen MR) is 95.3 cm³/mol. The average molecular weight is 352 g/mol. The second-order valence-corrected chi connectivity index (χ2v) is 6.60. The molecule has 124 valence electrons. The molecule has 0 radical (unpaired) electrons. The Morgan fingerprint density at radius 2 is 1.88 bits per heavy atom. The van der Waals surface area contributed by atoms with Gasteiger partial charge in [0.1, 0.15) is 17.3 Å². The molecule has 0 spiro atoms. The van der Waals surface area contributed by atoms with Gasteiger partial charge < -0.3 is 14.6 Å². The van der Waals surface area contributed by atoms with Crippen LogP contribution in [0.3, 0.4) is 0 Å². The molecule has 0 aliphatic carbocycles. The maximum Gasteiger partial charge on any atom is 0.335 e. The quantitative estimate of drug-likeness (QED) is 0.548. The summed E-state index contributed by atoms with van der Waals surface area (Å²) in [5.74, 6) is -1.10. The third-order valence-corrected chi connectivity index (χ3v) is 4.99. The summed E-state index contributed by atoms with van der Waals surface area (Å²) in [6.45, 7) is 0. The summed E-state index contributed by atoms with van der Waals surface area (Å²) < 4.78 is 5.77. The van der Waals surface area contributed by atoms with Crippen molar-refractivity contribution in [2.75, 3.05) is 0 Å². The molecule has 2 aromatic carbocycles. The summed E-state index contributed by atoms with van der Waals surface area (Å²) in [7, 11) is 0. The third kappa shape index (κ3) is 2.61. The zero-order valence-corrected chi connectivity index (χ0v) is 13.6. The molecule has 0 fully saturated rings. The number of benzene rings is 2. The maximum atomic E-state index is 12.7. The Balaban J connectivity index is 1.91. The largest absolute Gasteiger partial charge is 0.478 e. The van der Waals surface area contributed by atoms with Crippen molar-refractivity contribution in [2.24, 2.45) is 0 Å². The number of fused-ring (bicyclic) bond motifs is 2. The number of thiophene rings is 1. The van der Waals surface area contributed by atoms with Crippen molar-refractivity contribution in [1.29, 1.82) is 0 Å². The van der Waals surface area contributed by atoms with Crippen LogP contribution in [0.2, 0.25) is 0 Å². The van der Waals surface area contributed by atoms with E-state index < -0.39 is 12.1 Å². The van der Waals surface area contributed by atoms with Crippen molar-refractivity contribution in [3.05, 3.63) is 80.1 Å². The number of rotatable bonds is 3. The molecule has 0 amide bonds. The van der Waals surface area contributed by atoms with Crippen molar-refractivity contribution in [1.82, 2.24) is 0 Å². The summed E-state index contributed by atoms with van der Waals surface area (Å²) >= 11 is 1.44. The van der Waals surface area contributed by atoms with Crippen molar-refractivity contribution >= 4 is 39.2 Å². The van der Waals surface area contributed by atoms with E-state index in [4.69, 9.17) is 9.52 Å². The highest BCUT2D eigenvalue weighted by Crippen LogP contribution is 2.28. The number of aliphatic hydroxyl groups is 1. The second-order valence-electron chi connectivity index (χ2n) is 5.62. The SMILES string of the molecule is O=C(O)c1ccc2oc3cc(C(O)c4cccs4)ccc3c(=O)c2c1. The van der Waals surface area contributed by atoms with Crippen LogP contribution in [0.15, 0.2) is 63.1 Å². The van der Waals surface area contributed by atoms with Gasteiger partial charge in [-0.25, -0.2) is 4.79 Å². The molecule has 2 heterocycles. The van der Waals surface area contributed by atoms with Crippen LogP contribution in [0.4, 0.5) is 0 Å². The Morgan fingerprint density at radius 3 is 2.60 bits per heavy atom. The fraction of sp³-hybridized carbons (Fsp3) is 0.0526. The van der Waals surface area contributed by atoms with Gasteiger partial charge in [0.05, 0.1) is 16.3 Å². The van der Waals surface area contributed by atoms with Crippen molar-refractivity contribution in [2.45, 2.75) is 6.10 Å². The van der Waals surface area contributed by atoms with Crippen LogP contribution >= 0.6 is 11.3 Å². The van der Waals surface area contributed by atoms with Gasteiger partial charge in [0.25, 0.3) is 0 Å². The molecule has 0 saturated heterocycles. The smallest absolute Gasteiger partial charge is 0.335 e. The highest BCUT2D eigenvalue weighted by molar-refractivity contribution is 7.10. The number of hydrogen-bond acceptors (Lipinski definition) is 5. The fourth-order valence-electron chi connectivity index (χ4n) is 2.79. The van der Waals surface area contributed by atoms with Crippen molar-refractivity contribution < 1.29 is 19.4 Å². The van der Waals surface area contributed by atoms with Crippen LogP contribution in [0.1, 0.15) is 26.9 Å². The van der Waals surface area contributed by atoms with Crippen LogP contribution in [0.25, 0.3) is 21.9 Å². The molecule has 2 N–H and O–H groups in total. The average Bonchev–Trinajstić information content (AvgIpc) is 3.15. The van der Waals surface area contributed by atoms with E-state index in [9.17, 15) is 14.7 Å². The number of carboxylic acid groups (broad SMARTS) is 1. The first kappa shape index (κ1) is 15.6. The van der Waals surface area contributed by atoms with Crippen LogP contribution in [-0.4, -0.2) is 16.2 Å². The van der Waals surface area contributed by atoms with E-state index >= 15 is 0 Å². The number of carboxylic acids is 1. The topological polar surface area (TPSA) is 87.7 Å². The summed E-state index contributed by atoms with van der Waals surface area (Å²) in [5, 5.41) is 22.0. The third-order valence-electron chi connectivity index (χ3n) is 4.07. The first-order valence-corrected chi connectivity index (χ1v) is 8.38. The van der Waals surface area contributed by atoms with Gasteiger partial charge in [0.15, 0.2) is 0 Å². The molecule has 0 aliphatic rings. The zero-order chi connectivity index (χ0) is 17.6. The molecule has 6 heteroatoms. The normalized spacial score (nSPS) is 12.5. The molecule has 5 nitrogen and oxygen atoms in total. The minimum atomic E-state index is -1.10. The highest BCUT2D eigenvalue weighted by Gasteiger charge is 2.15. The monoisotopic (exact) mass is 352 g/mol. The van der Waals surface area contributed by atoms with Crippen molar-refractivity contribution in [3.63, 3.8) is 0 Å². The molecule has 0 aliphatic heterocycles. The molecule has 1 unspecified atom stereocenters. The van der Waals surface area contributed by atoms with Gasteiger partial charge in [-0.05, 0) is 47.3 Å². The molecule has 4 aromatic rings. The zero-order valence-electron chi connectivity index (χ0n) is 12.8. The van der Waals surface area contributed by atoms with Gasteiger partial charge in [-0.3, -0.25) is 4.79 Å². The van der Waals surface area contributed by atoms with Gasteiger partial charge in [-0.2, -0.15) is 0 Å². The number of aliphatic hydroxyl groups excluding tert-OH is 1. The van der Waals surface area contributed by atoms with Gasteiger partial charge >= 0.3 is 5.97 Å². The van der Waals surface area contributed by atoms with E-state index in [1.54, 1.807) is 18.2 Å². The van der Waals surface area contributed by atoms with Crippen molar-refractivity contribution in [3.8, 4) is 0 Å². The first-order chi connectivity index (χ1) is 12.0. The van der Waals surface area contributed by atoms with Gasteiger partial charge in [-0.15, -0.1) is 11.3 Å². The maximum absolute atomic E-state index is 12.7. The predicted octanol–water partition coefficient (Wildman–Crippen LogP) is 3.79. The lowest BCUT2D eigenvalue weighted by Gasteiger charge is -2.10. The highest BCUT2D eigenvalue weighted by atomic mass is 32.1. The van der Waals surface area contributed by atoms with Gasteiger partial charge in [0.2, 0.25) is 5.43 Å². The minimum Gasteiger partial charge on any atom is -0.478 e. The Hall–Kier alpha value is -2.96. The fourth-order valence-corrected chi connectivity index (χ4v) is 3.52. The summed E-state index contributed by atoms with van der Waals surface area (Å²) in [6.07, 6.45) is -0.792. The van der Waals surface area contributed by atoms with Crippen LogP contribution in [0, 0.1) is 0 Å². The molecule has 0 saturated carbocycles. The summed E-state index contributed by atoms with van der Waals surface area (Å²) in [4.78, 5) is 24.6. The van der Waals surface area contributed by atoms with Crippen LogP contribution in [-0.2, 0) is 0 Å². The van der Waals surface area contributed by atoms with E-state index in [1.807, 2.05) is 17.5 Å². The standard InChI is InChI=1S/C19H12O5S/c20-17(16-2-1-7-25-16)10-3-5-12-15(9-10)24-14-6-4-11(19(22)23)8-13(14)18(12)21/h1-9,17,20H,(H,22,23). The molecule has 2 aromatic heterocycles. The van der Waals surface area contributed by atoms with E-state index in [0.717, 1.165) is 4.88 Å². The van der Waals surface area contributed by atoms with Gasteiger partial charge in [0, 0.05) is 4.88 Å². The number of aromatic carboxylic acids is 1. The summed E-state index contributed by atoms with van der Waals surface area (Å²) in [5.41, 5.74) is 1.03. The molecule has 25 heavy (non-hydrogen) atoms. The van der Waals surface area contributed by atoms with Crippen LogP contribution < -0.4 is 5.43 Å². The van der Waals surface area contributed by atoms with E-state index in [2.05, 4.69) is 0 Å². The molecule has 0 bridgehead atoms.